The molecule has 2 aliphatic rings. The fraction of sp³-hybridized carbons (Fsp3) is 0.412. The zero-order valence-corrected chi connectivity index (χ0v) is 22.5. The van der Waals surface area contributed by atoms with Gasteiger partial charge in [-0.2, -0.15) is 4.39 Å². The summed E-state index contributed by atoms with van der Waals surface area (Å²) in [5.74, 6) is 0.399. The topological polar surface area (TPSA) is 18.5 Å². The summed E-state index contributed by atoms with van der Waals surface area (Å²) in [6.07, 6.45) is 12.4. The van der Waals surface area contributed by atoms with Gasteiger partial charge >= 0.3 is 0 Å². The Bertz CT molecular complexity index is 1220. The number of hydrogen-bond acceptors (Lipinski definition) is 2. The van der Waals surface area contributed by atoms with Crippen LogP contribution in [0, 0.1) is 29.4 Å². The molecule has 0 aromatic heterocycles. The molecule has 200 valence electrons. The first-order valence-electron chi connectivity index (χ1n) is 14.1. The smallest absolute Gasteiger partial charge is 0.201 e. The molecule has 4 heteroatoms. The van der Waals surface area contributed by atoms with Gasteiger partial charge in [-0.05, 0) is 105 Å². The largest absolute Gasteiger partial charge is 0.491 e. The Morgan fingerprint density at radius 3 is 2.00 bits per heavy atom. The summed E-state index contributed by atoms with van der Waals surface area (Å²) in [6.45, 7) is 5.02. The van der Waals surface area contributed by atoms with Crippen LogP contribution >= 0.6 is 0 Å². The predicted octanol–water partition coefficient (Wildman–Crippen LogP) is 9.55. The van der Waals surface area contributed by atoms with Crippen molar-refractivity contribution in [3.8, 4) is 28.0 Å². The molecular weight excluding hydrogens is 478 g/mol. The van der Waals surface area contributed by atoms with E-state index >= 15 is 0 Å². The van der Waals surface area contributed by atoms with E-state index in [0.29, 0.717) is 11.5 Å². The van der Waals surface area contributed by atoms with Crippen LogP contribution in [-0.2, 0) is 4.74 Å². The molecule has 1 aliphatic carbocycles. The van der Waals surface area contributed by atoms with Crippen molar-refractivity contribution in [3.63, 3.8) is 0 Å². The van der Waals surface area contributed by atoms with Gasteiger partial charge in [-0.3, -0.25) is 0 Å². The molecule has 5 rings (SSSR count). The molecule has 0 N–H and O–H groups in total. The van der Waals surface area contributed by atoms with E-state index in [1.807, 2.05) is 24.3 Å². The average Bonchev–Trinajstić information content (AvgIpc) is 2.97. The highest BCUT2D eigenvalue weighted by Crippen LogP contribution is 2.41. The summed E-state index contributed by atoms with van der Waals surface area (Å²) in [6, 6.07) is 19.2. The molecule has 2 nitrogen and oxygen atoms in total. The lowest BCUT2D eigenvalue weighted by atomic mass is 9.73. The first-order valence-corrected chi connectivity index (χ1v) is 14.1. The third kappa shape index (κ3) is 5.86. The summed E-state index contributed by atoms with van der Waals surface area (Å²) in [5, 5.41) is 0. The molecule has 1 aliphatic heterocycles. The molecule has 0 amide bonds. The van der Waals surface area contributed by atoms with E-state index in [0.717, 1.165) is 36.0 Å². The minimum Gasteiger partial charge on any atom is -0.491 e. The van der Waals surface area contributed by atoms with Crippen LogP contribution in [0.3, 0.4) is 0 Å². The molecule has 1 saturated carbocycles. The molecule has 0 spiro atoms. The summed E-state index contributed by atoms with van der Waals surface area (Å²) in [7, 11) is 0. The van der Waals surface area contributed by atoms with E-state index in [1.54, 1.807) is 13.0 Å². The van der Waals surface area contributed by atoms with Gasteiger partial charge in [0.15, 0.2) is 11.6 Å². The quantitative estimate of drug-likeness (QED) is 0.291. The lowest BCUT2D eigenvalue weighted by Crippen LogP contribution is -2.29. The summed E-state index contributed by atoms with van der Waals surface area (Å²) < 4.78 is 40.5. The summed E-state index contributed by atoms with van der Waals surface area (Å²) in [4.78, 5) is 0. The van der Waals surface area contributed by atoms with Crippen molar-refractivity contribution < 1.29 is 18.3 Å². The zero-order valence-electron chi connectivity index (χ0n) is 22.5. The van der Waals surface area contributed by atoms with Crippen molar-refractivity contribution in [1.29, 1.82) is 0 Å². The minimum absolute atomic E-state index is 0.0601. The molecule has 1 heterocycles. The van der Waals surface area contributed by atoms with E-state index in [1.165, 1.54) is 43.7 Å². The van der Waals surface area contributed by atoms with E-state index in [4.69, 9.17) is 9.47 Å². The maximum absolute atomic E-state index is 14.6. The minimum atomic E-state index is -0.947. The van der Waals surface area contributed by atoms with Crippen molar-refractivity contribution in [2.45, 2.75) is 58.5 Å². The third-order valence-corrected chi connectivity index (χ3v) is 8.42. The zero-order chi connectivity index (χ0) is 26.5. The first kappa shape index (κ1) is 26.6. The lowest BCUT2D eigenvalue weighted by Gasteiger charge is -2.37. The Kier molecular flexibility index (Phi) is 8.58. The van der Waals surface area contributed by atoms with E-state index in [9.17, 15) is 8.78 Å². The highest BCUT2D eigenvalue weighted by molar-refractivity contribution is 5.71. The number of benzene rings is 3. The Labute approximate surface area is 225 Å². The van der Waals surface area contributed by atoms with Crippen LogP contribution in [0.4, 0.5) is 8.78 Å². The fourth-order valence-electron chi connectivity index (χ4n) is 6.24. The summed E-state index contributed by atoms with van der Waals surface area (Å²) in [5.41, 5.74) is 4.21. The van der Waals surface area contributed by atoms with Gasteiger partial charge in [-0.15, -0.1) is 0 Å². The average molecular weight is 517 g/mol. The van der Waals surface area contributed by atoms with Crippen molar-refractivity contribution >= 4 is 0 Å². The van der Waals surface area contributed by atoms with Crippen LogP contribution < -0.4 is 4.74 Å². The Morgan fingerprint density at radius 1 is 0.763 bits per heavy atom. The Balaban J connectivity index is 1.19. The van der Waals surface area contributed by atoms with E-state index in [-0.39, 0.29) is 24.0 Å². The van der Waals surface area contributed by atoms with E-state index < -0.39 is 11.6 Å². The van der Waals surface area contributed by atoms with Crippen LogP contribution in [0.5, 0.6) is 5.75 Å². The number of allylic oxidation sites excluding steroid dienone is 2. The standard InChI is InChI=1S/C34H38F2O2/c1-3-5-23-6-8-26(9-7-23)29-18-20-31(38-22-29)28-16-12-25(13-17-28)24-10-14-27(15-11-24)30-19-21-32(37-4-2)34(36)33(30)35/h3,5,10-17,19,21,23,26,29,31H,4,6-9,18,20,22H2,1-2H3. The van der Waals surface area contributed by atoms with Crippen molar-refractivity contribution in [2.24, 2.45) is 17.8 Å². The molecule has 2 unspecified atom stereocenters. The van der Waals surface area contributed by atoms with Gasteiger partial charge < -0.3 is 9.47 Å². The van der Waals surface area contributed by atoms with Crippen molar-refractivity contribution in [3.05, 3.63) is 90.0 Å². The van der Waals surface area contributed by atoms with Gasteiger partial charge in [0.1, 0.15) is 0 Å². The van der Waals surface area contributed by atoms with Gasteiger partial charge in [0, 0.05) is 5.56 Å². The van der Waals surface area contributed by atoms with Gasteiger partial charge in [-0.25, -0.2) is 4.39 Å². The Hall–Kier alpha value is -2.98. The van der Waals surface area contributed by atoms with Crippen LogP contribution in [0.2, 0.25) is 0 Å². The SMILES string of the molecule is CC=CC1CCC(C2CCC(c3ccc(-c4ccc(-c5ccc(OCC)c(F)c5F)cc4)cc3)OC2)CC1. The maximum Gasteiger partial charge on any atom is 0.201 e. The van der Waals surface area contributed by atoms with Gasteiger partial charge in [0.2, 0.25) is 5.82 Å². The monoisotopic (exact) mass is 516 g/mol. The molecular formula is C34H38F2O2. The molecule has 0 bridgehead atoms. The number of ether oxygens (including phenoxy) is 2. The number of rotatable bonds is 7. The maximum atomic E-state index is 14.6. The van der Waals surface area contributed by atoms with Crippen LogP contribution in [0.1, 0.15) is 64.0 Å². The van der Waals surface area contributed by atoms with Gasteiger partial charge in [0.05, 0.1) is 19.3 Å². The van der Waals surface area contributed by atoms with Crippen molar-refractivity contribution in [2.75, 3.05) is 13.2 Å². The predicted molar refractivity (Wildman–Crippen MR) is 150 cm³/mol. The molecule has 2 fully saturated rings. The second-order valence-corrected chi connectivity index (χ2v) is 10.7. The molecule has 38 heavy (non-hydrogen) atoms. The third-order valence-electron chi connectivity index (χ3n) is 8.42. The number of halogens is 2. The van der Waals surface area contributed by atoms with Crippen LogP contribution in [-0.4, -0.2) is 13.2 Å². The fourth-order valence-corrected chi connectivity index (χ4v) is 6.24. The second kappa shape index (κ2) is 12.3. The summed E-state index contributed by atoms with van der Waals surface area (Å²) >= 11 is 0. The molecule has 3 aromatic rings. The van der Waals surface area contributed by atoms with Crippen LogP contribution in [0.25, 0.3) is 22.3 Å². The second-order valence-electron chi connectivity index (χ2n) is 10.7. The first-order chi connectivity index (χ1) is 18.6. The van der Waals surface area contributed by atoms with Crippen molar-refractivity contribution in [1.82, 2.24) is 0 Å². The van der Waals surface area contributed by atoms with E-state index in [2.05, 4.69) is 43.3 Å². The molecule has 1 saturated heterocycles. The Morgan fingerprint density at radius 2 is 1.39 bits per heavy atom. The normalized spacial score (nSPS) is 24.0. The van der Waals surface area contributed by atoms with Gasteiger partial charge in [-0.1, -0.05) is 60.7 Å². The highest BCUT2D eigenvalue weighted by atomic mass is 19.2. The van der Waals surface area contributed by atoms with Gasteiger partial charge in [0.25, 0.3) is 0 Å². The molecule has 2 atom stereocenters. The molecule has 3 aromatic carbocycles. The number of hydrogen-bond donors (Lipinski definition) is 0. The highest BCUT2D eigenvalue weighted by Gasteiger charge is 2.31. The lowest BCUT2D eigenvalue weighted by molar-refractivity contribution is -0.0395. The van der Waals surface area contributed by atoms with Crippen LogP contribution in [0.15, 0.2) is 72.8 Å². The molecule has 0 radical (unpaired) electrons.